The molecule has 0 aliphatic carbocycles. The van der Waals surface area contributed by atoms with E-state index in [1.807, 2.05) is 64.1 Å². The minimum Gasteiger partial charge on any atom is -0.369 e. The van der Waals surface area contributed by atoms with E-state index in [4.69, 9.17) is 4.74 Å². The maximum absolute atomic E-state index is 12.9. The Bertz CT molecular complexity index is 703. The Labute approximate surface area is 125 Å². The minimum atomic E-state index is -0.450. The molecule has 1 fully saturated rings. The molecule has 110 valence electrons. The van der Waals surface area contributed by atoms with Gasteiger partial charge < -0.3 is 4.74 Å². The fourth-order valence-electron chi connectivity index (χ4n) is 3.35. The Morgan fingerprint density at radius 2 is 1.86 bits per heavy atom. The zero-order valence-corrected chi connectivity index (χ0v) is 13.0. The van der Waals surface area contributed by atoms with Gasteiger partial charge in [0.05, 0.1) is 22.6 Å². The summed E-state index contributed by atoms with van der Waals surface area (Å²) in [6.07, 6.45) is 0.730. The van der Waals surface area contributed by atoms with Crippen molar-refractivity contribution in [1.29, 1.82) is 0 Å². The highest BCUT2D eigenvalue weighted by Crippen LogP contribution is 2.43. The number of aromatic nitrogens is 1. The number of para-hydroxylation sites is 1. The van der Waals surface area contributed by atoms with Crippen molar-refractivity contribution in [3.05, 3.63) is 42.1 Å². The van der Waals surface area contributed by atoms with E-state index in [9.17, 15) is 4.79 Å². The molecule has 1 aromatic heterocycles. The number of carbonyl (C=O) groups is 1. The van der Waals surface area contributed by atoms with Crippen LogP contribution in [-0.4, -0.2) is 22.0 Å². The molecule has 1 aliphatic rings. The highest BCUT2D eigenvalue weighted by molar-refractivity contribution is 5.99. The molecule has 0 amide bonds. The van der Waals surface area contributed by atoms with Crippen molar-refractivity contribution in [2.24, 2.45) is 5.92 Å². The molecule has 1 aromatic carbocycles. The zero-order valence-electron chi connectivity index (χ0n) is 13.0. The number of benzene rings is 1. The molecule has 1 saturated heterocycles. The monoisotopic (exact) mass is 283 g/mol. The largest absolute Gasteiger partial charge is 0.369 e. The fraction of sp³-hybridized carbons (Fsp3) is 0.444. The number of hydrogen-bond donors (Lipinski definition) is 0. The molecule has 0 bridgehead atoms. The third-order valence-electron chi connectivity index (χ3n) is 4.24. The van der Waals surface area contributed by atoms with Crippen molar-refractivity contribution in [2.75, 3.05) is 0 Å². The van der Waals surface area contributed by atoms with Crippen LogP contribution < -0.4 is 0 Å². The summed E-state index contributed by atoms with van der Waals surface area (Å²) in [7, 11) is 0. The minimum absolute atomic E-state index is 0.0799. The summed E-state index contributed by atoms with van der Waals surface area (Å²) < 4.78 is 6.03. The van der Waals surface area contributed by atoms with Gasteiger partial charge in [-0.05, 0) is 46.2 Å². The van der Waals surface area contributed by atoms with Crippen LogP contribution in [0.4, 0.5) is 0 Å². The van der Waals surface area contributed by atoms with Crippen molar-refractivity contribution in [3.63, 3.8) is 0 Å². The van der Waals surface area contributed by atoms with Gasteiger partial charge in [0.1, 0.15) is 5.69 Å². The number of fused-ring (bicyclic) bond motifs is 1. The predicted molar refractivity (Wildman–Crippen MR) is 83.4 cm³/mol. The van der Waals surface area contributed by atoms with Gasteiger partial charge in [0, 0.05) is 5.39 Å². The van der Waals surface area contributed by atoms with Gasteiger partial charge in [-0.15, -0.1) is 0 Å². The summed E-state index contributed by atoms with van der Waals surface area (Å²) >= 11 is 0. The normalized spacial score (nSPS) is 23.3. The molecule has 2 aromatic rings. The third kappa shape index (κ3) is 2.58. The average Bonchev–Trinajstić information content (AvgIpc) is 2.65. The van der Waals surface area contributed by atoms with E-state index in [0.29, 0.717) is 5.69 Å². The van der Waals surface area contributed by atoms with E-state index in [1.165, 1.54) is 0 Å². The van der Waals surface area contributed by atoms with Crippen LogP contribution in [-0.2, 0) is 4.74 Å². The van der Waals surface area contributed by atoms with Gasteiger partial charge in [-0.3, -0.25) is 4.79 Å². The van der Waals surface area contributed by atoms with Gasteiger partial charge >= 0.3 is 0 Å². The number of pyridine rings is 1. The molecule has 3 nitrogen and oxygen atoms in total. The molecule has 1 atom stereocenters. The number of ketones is 1. The molecule has 3 rings (SSSR count). The van der Waals surface area contributed by atoms with Crippen LogP contribution in [0.15, 0.2) is 36.4 Å². The first-order valence-corrected chi connectivity index (χ1v) is 7.39. The first-order chi connectivity index (χ1) is 9.78. The molecule has 1 aliphatic heterocycles. The Morgan fingerprint density at radius 1 is 1.14 bits per heavy atom. The molecule has 21 heavy (non-hydrogen) atoms. The van der Waals surface area contributed by atoms with E-state index in [-0.39, 0.29) is 17.3 Å². The smallest absolute Gasteiger partial charge is 0.187 e. The van der Waals surface area contributed by atoms with Gasteiger partial charge in [-0.1, -0.05) is 24.3 Å². The average molecular weight is 283 g/mol. The molecule has 3 heteroatoms. The molecule has 0 radical (unpaired) electrons. The number of hydrogen-bond acceptors (Lipinski definition) is 3. The number of Topliss-reactive ketones (excluding diaryl/α,β-unsaturated/α-hetero) is 1. The summed E-state index contributed by atoms with van der Waals surface area (Å²) in [6, 6.07) is 11.6. The van der Waals surface area contributed by atoms with Gasteiger partial charge in [0.25, 0.3) is 0 Å². The first kappa shape index (κ1) is 14.2. The van der Waals surface area contributed by atoms with Crippen molar-refractivity contribution in [3.8, 4) is 0 Å². The van der Waals surface area contributed by atoms with Gasteiger partial charge in [-0.25, -0.2) is 4.98 Å². The van der Waals surface area contributed by atoms with Gasteiger partial charge in [-0.2, -0.15) is 0 Å². The Hall–Kier alpha value is -1.74. The van der Waals surface area contributed by atoms with Crippen molar-refractivity contribution in [1.82, 2.24) is 4.98 Å². The van der Waals surface area contributed by atoms with E-state index in [1.54, 1.807) is 0 Å². The second kappa shape index (κ2) is 4.63. The Kier molecular flexibility index (Phi) is 3.14. The van der Waals surface area contributed by atoms with Crippen LogP contribution >= 0.6 is 0 Å². The summed E-state index contributed by atoms with van der Waals surface area (Å²) in [5, 5.41) is 1.05. The molecule has 0 N–H and O–H groups in total. The van der Waals surface area contributed by atoms with Crippen LogP contribution in [0.5, 0.6) is 0 Å². The highest BCUT2D eigenvalue weighted by Gasteiger charge is 2.49. The number of rotatable bonds is 2. The molecule has 1 unspecified atom stereocenters. The van der Waals surface area contributed by atoms with Gasteiger partial charge in [0.15, 0.2) is 5.78 Å². The molecular weight excluding hydrogens is 262 g/mol. The summed E-state index contributed by atoms with van der Waals surface area (Å²) in [5.41, 5.74) is 0.682. The maximum Gasteiger partial charge on any atom is 0.187 e. The van der Waals surface area contributed by atoms with Crippen molar-refractivity contribution >= 4 is 16.7 Å². The SMILES string of the molecule is CC1(C)CC(C(=O)c2ccc3ccccc3n2)C(C)(C)O1. The Morgan fingerprint density at radius 3 is 2.52 bits per heavy atom. The summed E-state index contributed by atoms with van der Waals surface area (Å²) in [5.74, 6) is -0.0718. The van der Waals surface area contributed by atoms with Crippen LogP contribution in [0.1, 0.15) is 44.6 Å². The van der Waals surface area contributed by atoms with Crippen LogP contribution in [0.25, 0.3) is 10.9 Å². The fourth-order valence-corrected chi connectivity index (χ4v) is 3.35. The lowest BCUT2D eigenvalue weighted by Gasteiger charge is -2.26. The topological polar surface area (TPSA) is 39.2 Å². The number of nitrogens with zero attached hydrogens (tertiary/aromatic N) is 1. The summed E-state index contributed by atoms with van der Waals surface area (Å²) in [6.45, 7) is 8.06. The Balaban J connectivity index is 1.97. The van der Waals surface area contributed by atoms with Gasteiger partial charge in [0.2, 0.25) is 0 Å². The molecule has 2 heterocycles. The maximum atomic E-state index is 12.9. The lowest BCUT2D eigenvalue weighted by Crippen LogP contribution is -2.34. The second-order valence-corrected chi connectivity index (χ2v) is 6.98. The quantitative estimate of drug-likeness (QED) is 0.782. The van der Waals surface area contributed by atoms with Crippen molar-refractivity contribution in [2.45, 2.75) is 45.3 Å². The predicted octanol–water partition coefficient (Wildman–Crippen LogP) is 4.01. The lowest BCUT2D eigenvalue weighted by atomic mass is 9.83. The molecule has 0 spiro atoms. The lowest BCUT2D eigenvalue weighted by molar-refractivity contribution is -0.0712. The van der Waals surface area contributed by atoms with Crippen LogP contribution in [0.2, 0.25) is 0 Å². The summed E-state index contributed by atoms with van der Waals surface area (Å²) in [4.78, 5) is 17.4. The highest BCUT2D eigenvalue weighted by atomic mass is 16.5. The van der Waals surface area contributed by atoms with E-state index in [2.05, 4.69) is 4.98 Å². The van der Waals surface area contributed by atoms with Crippen LogP contribution in [0, 0.1) is 5.92 Å². The molecular formula is C18H21NO2. The van der Waals surface area contributed by atoms with E-state index >= 15 is 0 Å². The van der Waals surface area contributed by atoms with E-state index in [0.717, 1.165) is 17.3 Å². The standard InChI is InChI=1S/C18H21NO2/c1-17(2)11-13(18(3,4)21-17)16(20)15-10-9-12-7-5-6-8-14(12)19-15/h5-10,13H,11H2,1-4H3. The number of carbonyl (C=O) groups excluding carboxylic acids is 1. The third-order valence-corrected chi connectivity index (χ3v) is 4.24. The number of ether oxygens (including phenoxy) is 1. The van der Waals surface area contributed by atoms with E-state index < -0.39 is 5.60 Å². The zero-order chi connectivity index (χ0) is 15.3. The van der Waals surface area contributed by atoms with Crippen molar-refractivity contribution < 1.29 is 9.53 Å². The first-order valence-electron chi connectivity index (χ1n) is 7.39. The molecule has 0 saturated carbocycles. The second-order valence-electron chi connectivity index (χ2n) is 6.98. The van der Waals surface area contributed by atoms with Crippen LogP contribution in [0.3, 0.4) is 0 Å².